The van der Waals surface area contributed by atoms with Crippen molar-refractivity contribution in [3.63, 3.8) is 0 Å². The lowest BCUT2D eigenvalue weighted by molar-refractivity contribution is 0.614. The van der Waals surface area contributed by atoms with E-state index in [1.54, 1.807) is 23.3 Å². The molecule has 24 heavy (non-hydrogen) atoms. The standard InChI is InChI=1S/C16H16FN7/c17-13-2-3-14(18-11-13)22-6-8-23(9-7-22)15-10-16(20-12-19-15)24-5-1-4-21-24/h1-5,10-12H,6-9H2. The molecule has 0 aliphatic carbocycles. The van der Waals surface area contributed by atoms with Crippen molar-refractivity contribution in [2.24, 2.45) is 0 Å². The maximum Gasteiger partial charge on any atom is 0.158 e. The fourth-order valence-electron chi connectivity index (χ4n) is 2.76. The van der Waals surface area contributed by atoms with E-state index >= 15 is 0 Å². The second-order valence-electron chi connectivity index (χ2n) is 5.49. The summed E-state index contributed by atoms with van der Waals surface area (Å²) in [6.45, 7) is 3.24. The molecule has 3 aromatic rings. The molecule has 0 amide bonds. The van der Waals surface area contributed by atoms with E-state index in [1.165, 1.54) is 12.3 Å². The van der Waals surface area contributed by atoms with Gasteiger partial charge in [0, 0.05) is 44.6 Å². The minimum absolute atomic E-state index is 0.315. The molecule has 4 heterocycles. The number of hydrogen-bond donors (Lipinski definition) is 0. The molecule has 0 unspecified atom stereocenters. The number of pyridine rings is 1. The summed E-state index contributed by atoms with van der Waals surface area (Å²) < 4.78 is 14.7. The number of piperazine rings is 1. The summed E-state index contributed by atoms with van der Waals surface area (Å²) in [5.41, 5.74) is 0. The zero-order valence-corrected chi connectivity index (χ0v) is 13.0. The van der Waals surface area contributed by atoms with Crippen LogP contribution in [-0.2, 0) is 0 Å². The van der Waals surface area contributed by atoms with Gasteiger partial charge in [-0.1, -0.05) is 0 Å². The summed E-state index contributed by atoms with van der Waals surface area (Å²) in [7, 11) is 0. The molecule has 4 rings (SSSR count). The summed E-state index contributed by atoms with van der Waals surface area (Å²) in [6, 6.07) is 6.94. The van der Waals surface area contributed by atoms with E-state index in [1.807, 2.05) is 18.3 Å². The highest BCUT2D eigenvalue weighted by atomic mass is 19.1. The van der Waals surface area contributed by atoms with E-state index in [2.05, 4.69) is 29.9 Å². The molecule has 0 saturated carbocycles. The van der Waals surface area contributed by atoms with Crippen LogP contribution in [0.4, 0.5) is 16.0 Å². The normalized spacial score (nSPS) is 14.9. The molecule has 0 atom stereocenters. The number of anilines is 2. The quantitative estimate of drug-likeness (QED) is 0.728. The second-order valence-corrected chi connectivity index (χ2v) is 5.49. The molecule has 0 spiro atoms. The summed E-state index contributed by atoms with van der Waals surface area (Å²) in [6.07, 6.45) is 6.38. The Kier molecular flexibility index (Phi) is 3.78. The molecule has 3 aromatic heterocycles. The van der Waals surface area contributed by atoms with Crippen molar-refractivity contribution < 1.29 is 4.39 Å². The molecule has 1 fully saturated rings. The number of hydrogen-bond acceptors (Lipinski definition) is 6. The highest BCUT2D eigenvalue weighted by Crippen LogP contribution is 2.18. The van der Waals surface area contributed by atoms with Gasteiger partial charge in [0.1, 0.15) is 23.8 Å². The lowest BCUT2D eigenvalue weighted by atomic mass is 10.3. The number of nitrogens with zero attached hydrogens (tertiary/aromatic N) is 7. The van der Waals surface area contributed by atoms with Crippen molar-refractivity contribution >= 4 is 11.6 Å². The van der Waals surface area contributed by atoms with Gasteiger partial charge in [0.15, 0.2) is 5.82 Å². The van der Waals surface area contributed by atoms with E-state index in [9.17, 15) is 4.39 Å². The maximum atomic E-state index is 13.0. The van der Waals surface area contributed by atoms with Gasteiger partial charge in [-0.15, -0.1) is 0 Å². The Labute approximate surface area is 138 Å². The van der Waals surface area contributed by atoms with Crippen molar-refractivity contribution in [2.45, 2.75) is 0 Å². The second kappa shape index (κ2) is 6.23. The molecule has 0 radical (unpaired) electrons. The molecule has 8 heteroatoms. The van der Waals surface area contributed by atoms with E-state index in [-0.39, 0.29) is 5.82 Å². The van der Waals surface area contributed by atoms with E-state index in [4.69, 9.17) is 0 Å². The van der Waals surface area contributed by atoms with Gasteiger partial charge < -0.3 is 9.80 Å². The fraction of sp³-hybridized carbons (Fsp3) is 0.250. The SMILES string of the molecule is Fc1ccc(N2CCN(c3cc(-n4cccn4)ncn3)CC2)nc1. The predicted octanol–water partition coefficient (Wildman–Crippen LogP) is 1.52. The highest BCUT2D eigenvalue weighted by Gasteiger charge is 2.19. The first-order valence-corrected chi connectivity index (χ1v) is 7.73. The average Bonchev–Trinajstić information content (AvgIpc) is 3.17. The molecular formula is C16H16FN7. The Bertz CT molecular complexity index is 796. The van der Waals surface area contributed by atoms with Gasteiger partial charge in [-0.05, 0) is 18.2 Å². The predicted molar refractivity (Wildman–Crippen MR) is 87.8 cm³/mol. The largest absolute Gasteiger partial charge is 0.353 e. The lowest BCUT2D eigenvalue weighted by Gasteiger charge is -2.36. The summed E-state index contributed by atoms with van der Waals surface area (Å²) in [5, 5.41) is 4.19. The van der Waals surface area contributed by atoms with Gasteiger partial charge >= 0.3 is 0 Å². The molecule has 0 bridgehead atoms. The van der Waals surface area contributed by atoms with Crippen molar-refractivity contribution in [3.8, 4) is 5.82 Å². The molecule has 122 valence electrons. The molecule has 0 aromatic carbocycles. The smallest absolute Gasteiger partial charge is 0.158 e. The summed E-state index contributed by atoms with van der Waals surface area (Å²) in [5.74, 6) is 2.11. The van der Waals surface area contributed by atoms with Crippen LogP contribution in [0.5, 0.6) is 0 Å². The third-order valence-corrected chi connectivity index (χ3v) is 4.02. The minimum atomic E-state index is -0.315. The maximum absolute atomic E-state index is 13.0. The van der Waals surface area contributed by atoms with E-state index in [0.717, 1.165) is 43.6 Å². The van der Waals surface area contributed by atoms with Crippen LogP contribution in [0.15, 0.2) is 49.2 Å². The summed E-state index contributed by atoms with van der Waals surface area (Å²) in [4.78, 5) is 17.1. The first-order chi connectivity index (χ1) is 11.8. The highest BCUT2D eigenvalue weighted by molar-refractivity contribution is 5.47. The fourth-order valence-corrected chi connectivity index (χ4v) is 2.76. The van der Waals surface area contributed by atoms with Crippen LogP contribution in [0.2, 0.25) is 0 Å². The zero-order chi connectivity index (χ0) is 16.4. The third kappa shape index (κ3) is 2.90. The number of aromatic nitrogens is 5. The van der Waals surface area contributed by atoms with Gasteiger partial charge in [-0.2, -0.15) is 5.10 Å². The van der Waals surface area contributed by atoms with Crippen molar-refractivity contribution in [3.05, 3.63) is 55.0 Å². The first-order valence-electron chi connectivity index (χ1n) is 7.73. The van der Waals surface area contributed by atoms with E-state index < -0.39 is 0 Å². The topological polar surface area (TPSA) is 63.0 Å². The zero-order valence-electron chi connectivity index (χ0n) is 13.0. The Morgan fingerprint density at radius 1 is 0.875 bits per heavy atom. The van der Waals surface area contributed by atoms with Crippen LogP contribution in [0.25, 0.3) is 5.82 Å². The van der Waals surface area contributed by atoms with Gasteiger partial charge in [0.05, 0.1) is 6.20 Å². The number of halogens is 1. The average molecular weight is 325 g/mol. The monoisotopic (exact) mass is 325 g/mol. The molecular weight excluding hydrogens is 309 g/mol. The molecule has 0 N–H and O–H groups in total. The van der Waals surface area contributed by atoms with Crippen LogP contribution < -0.4 is 9.80 Å². The Balaban J connectivity index is 1.46. The molecule has 7 nitrogen and oxygen atoms in total. The number of rotatable bonds is 3. The molecule has 1 aliphatic heterocycles. The van der Waals surface area contributed by atoms with Crippen molar-refractivity contribution in [2.75, 3.05) is 36.0 Å². The van der Waals surface area contributed by atoms with Gasteiger partial charge in [0.25, 0.3) is 0 Å². The molecule has 1 aliphatic rings. The van der Waals surface area contributed by atoms with Crippen molar-refractivity contribution in [1.82, 2.24) is 24.7 Å². The van der Waals surface area contributed by atoms with Crippen LogP contribution in [0.1, 0.15) is 0 Å². The Hall–Kier alpha value is -3.03. The van der Waals surface area contributed by atoms with E-state index in [0.29, 0.717) is 0 Å². The van der Waals surface area contributed by atoms with Crippen LogP contribution in [0, 0.1) is 5.82 Å². The Morgan fingerprint density at radius 3 is 2.29 bits per heavy atom. The van der Waals surface area contributed by atoms with Crippen LogP contribution >= 0.6 is 0 Å². The lowest BCUT2D eigenvalue weighted by Crippen LogP contribution is -2.47. The first kappa shape index (κ1) is 14.6. The molecule has 1 saturated heterocycles. The van der Waals surface area contributed by atoms with Crippen LogP contribution in [0.3, 0.4) is 0 Å². The van der Waals surface area contributed by atoms with Gasteiger partial charge in [0.2, 0.25) is 0 Å². The summed E-state index contributed by atoms with van der Waals surface area (Å²) >= 11 is 0. The van der Waals surface area contributed by atoms with Gasteiger partial charge in [-0.25, -0.2) is 24.0 Å². The van der Waals surface area contributed by atoms with Gasteiger partial charge in [-0.3, -0.25) is 0 Å². The Morgan fingerprint density at radius 2 is 1.62 bits per heavy atom. The minimum Gasteiger partial charge on any atom is -0.353 e. The van der Waals surface area contributed by atoms with Crippen LogP contribution in [-0.4, -0.2) is 50.9 Å². The third-order valence-electron chi connectivity index (χ3n) is 4.02. The van der Waals surface area contributed by atoms with Crippen molar-refractivity contribution in [1.29, 1.82) is 0 Å².